The third kappa shape index (κ3) is 4.05. The van der Waals surface area contributed by atoms with E-state index in [9.17, 15) is 0 Å². The average molecular weight is 455 g/mol. The fourth-order valence-corrected chi connectivity index (χ4v) is 4.99. The molecule has 0 amide bonds. The molecule has 0 radical (unpaired) electrons. The SMILES string of the molecule is CC(C)(C)Nc1ccc(-c2nc(C3CC34CCOC4)n(Cc3ccc4ccccc4n3)n2)nc1. The van der Waals surface area contributed by atoms with Crippen molar-refractivity contribution in [2.24, 2.45) is 5.41 Å². The minimum atomic E-state index is -0.0211. The van der Waals surface area contributed by atoms with Crippen LogP contribution >= 0.6 is 0 Å². The highest BCUT2D eigenvalue weighted by Gasteiger charge is 2.59. The van der Waals surface area contributed by atoms with Gasteiger partial charge in [0.15, 0.2) is 5.82 Å². The molecule has 4 heterocycles. The Morgan fingerprint density at radius 2 is 1.97 bits per heavy atom. The highest BCUT2D eigenvalue weighted by Crippen LogP contribution is 2.63. The zero-order valence-electron chi connectivity index (χ0n) is 20.0. The van der Waals surface area contributed by atoms with Gasteiger partial charge in [-0.25, -0.2) is 9.67 Å². The second kappa shape index (κ2) is 7.87. The van der Waals surface area contributed by atoms with E-state index < -0.39 is 0 Å². The van der Waals surface area contributed by atoms with Crippen molar-refractivity contribution >= 4 is 16.6 Å². The second-order valence-electron chi connectivity index (χ2n) is 10.7. The molecule has 2 fully saturated rings. The molecule has 7 nitrogen and oxygen atoms in total. The molecular weight excluding hydrogens is 424 g/mol. The Morgan fingerprint density at radius 3 is 2.74 bits per heavy atom. The van der Waals surface area contributed by atoms with E-state index in [4.69, 9.17) is 19.8 Å². The molecule has 1 saturated carbocycles. The first-order valence-electron chi connectivity index (χ1n) is 12.0. The fraction of sp³-hybridized carbons (Fsp3) is 0.407. The van der Waals surface area contributed by atoms with Crippen molar-refractivity contribution in [1.82, 2.24) is 24.7 Å². The van der Waals surface area contributed by atoms with Gasteiger partial charge in [-0.1, -0.05) is 24.3 Å². The Labute approximate surface area is 199 Å². The molecule has 1 spiro atoms. The number of benzene rings is 1. The lowest BCUT2D eigenvalue weighted by molar-refractivity contribution is 0.180. The molecule has 2 aliphatic rings. The number of anilines is 1. The summed E-state index contributed by atoms with van der Waals surface area (Å²) in [7, 11) is 0. The molecule has 3 aromatic heterocycles. The summed E-state index contributed by atoms with van der Waals surface area (Å²) in [6.07, 6.45) is 4.06. The van der Waals surface area contributed by atoms with Crippen molar-refractivity contribution in [3.63, 3.8) is 0 Å². The van der Waals surface area contributed by atoms with Crippen LogP contribution in [-0.2, 0) is 11.3 Å². The Kier molecular flexibility index (Phi) is 4.92. The molecule has 174 valence electrons. The van der Waals surface area contributed by atoms with E-state index in [0.29, 0.717) is 18.3 Å². The zero-order chi connectivity index (χ0) is 23.3. The van der Waals surface area contributed by atoms with Gasteiger partial charge in [0.25, 0.3) is 0 Å². The first-order valence-corrected chi connectivity index (χ1v) is 12.0. The number of hydrogen-bond acceptors (Lipinski definition) is 6. The Bertz CT molecular complexity index is 1330. The highest BCUT2D eigenvalue weighted by molar-refractivity contribution is 5.78. The molecule has 1 aliphatic carbocycles. The topological polar surface area (TPSA) is 77.8 Å². The number of pyridine rings is 2. The van der Waals surface area contributed by atoms with Gasteiger partial charge >= 0.3 is 0 Å². The van der Waals surface area contributed by atoms with Gasteiger partial charge in [0.05, 0.1) is 36.2 Å². The molecule has 2 atom stereocenters. The Hall–Kier alpha value is -3.32. The van der Waals surface area contributed by atoms with Crippen LogP contribution in [-0.4, -0.2) is 43.5 Å². The maximum atomic E-state index is 5.74. The van der Waals surface area contributed by atoms with Crippen LogP contribution in [0.15, 0.2) is 54.7 Å². The lowest BCUT2D eigenvalue weighted by Crippen LogP contribution is -2.26. The predicted octanol–water partition coefficient (Wildman–Crippen LogP) is 5.04. The number of ether oxygens (including phenoxy) is 1. The van der Waals surface area contributed by atoms with E-state index in [1.165, 1.54) is 0 Å². The molecule has 1 N–H and O–H groups in total. The van der Waals surface area contributed by atoms with E-state index in [0.717, 1.165) is 59.9 Å². The normalized spacial score (nSPS) is 21.9. The number of rotatable bonds is 5. The van der Waals surface area contributed by atoms with Gasteiger partial charge in [0.1, 0.15) is 11.5 Å². The summed E-state index contributed by atoms with van der Waals surface area (Å²) in [5.74, 6) is 2.06. The van der Waals surface area contributed by atoms with Gasteiger partial charge in [-0.05, 0) is 57.9 Å². The van der Waals surface area contributed by atoms with Crippen LogP contribution in [0, 0.1) is 5.41 Å². The average Bonchev–Trinajstić information content (AvgIpc) is 3.11. The van der Waals surface area contributed by atoms with Crippen LogP contribution in [0.1, 0.15) is 51.0 Å². The van der Waals surface area contributed by atoms with Crippen molar-refractivity contribution < 1.29 is 4.74 Å². The van der Waals surface area contributed by atoms with Crippen molar-refractivity contribution in [1.29, 1.82) is 0 Å². The van der Waals surface area contributed by atoms with Gasteiger partial charge in [0, 0.05) is 28.9 Å². The molecule has 7 heteroatoms. The summed E-state index contributed by atoms with van der Waals surface area (Å²) >= 11 is 0. The van der Waals surface area contributed by atoms with Gasteiger partial charge in [-0.2, -0.15) is 0 Å². The summed E-state index contributed by atoms with van der Waals surface area (Å²) in [6.45, 7) is 8.65. The smallest absolute Gasteiger partial charge is 0.200 e. The van der Waals surface area contributed by atoms with Crippen LogP contribution in [0.3, 0.4) is 0 Å². The van der Waals surface area contributed by atoms with E-state index >= 15 is 0 Å². The van der Waals surface area contributed by atoms with Gasteiger partial charge in [0.2, 0.25) is 0 Å². The standard InChI is InChI=1S/C27H30N6O/c1-26(2,3)31-19-10-11-23(28-15-19)24-30-25(21-14-27(21)12-13-34-17-27)33(32-24)16-20-9-8-18-6-4-5-7-22(18)29-20/h4-11,15,21,31H,12-14,16-17H2,1-3H3. The van der Waals surface area contributed by atoms with E-state index in [1.54, 1.807) is 0 Å². The molecular formula is C27H30N6O. The third-order valence-corrected chi connectivity index (χ3v) is 6.82. The Morgan fingerprint density at radius 1 is 1.09 bits per heavy atom. The molecule has 6 rings (SSSR count). The van der Waals surface area contributed by atoms with Gasteiger partial charge < -0.3 is 10.1 Å². The highest BCUT2D eigenvalue weighted by atomic mass is 16.5. The molecule has 2 unspecified atom stereocenters. The van der Waals surface area contributed by atoms with Crippen LogP contribution in [0.25, 0.3) is 22.4 Å². The van der Waals surface area contributed by atoms with Crippen LogP contribution < -0.4 is 5.32 Å². The first-order chi connectivity index (χ1) is 16.4. The summed E-state index contributed by atoms with van der Waals surface area (Å²) in [5.41, 5.74) is 3.95. The summed E-state index contributed by atoms with van der Waals surface area (Å²) in [4.78, 5) is 14.5. The van der Waals surface area contributed by atoms with Crippen molar-refractivity contribution in [2.45, 2.75) is 51.6 Å². The van der Waals surface area contributed by atoms with Crippen LogP contribution in [0.5, 0.6) is 0 Å². The summed E-state index contributed by atoms with van der Waals surface area (Å²) in [6, 6.07) is 16.4. The number of para-hydroxylation sites is 1. The number of nitrogens with one attached hydrogen (secondary N) is 1. The number of hydrogen-bond donors (Lipinski definition) is 1. The molecule has 1 aliphatic heterocycles. The second-order valence-corrected chi connectivity index (χ2v) is 10.7. The van der Waals surface area contributed by atoms with Gasteiger partial charge in [-0.15, -0.1) is 5.10 Å². The molecule has 34 heavy (non-hydrogen) atoms. The fourth-order valence-electron chi connectivity index (χ4n) is 4.99. The lowest BCUT2D eigenvalue weighted by atomic mass is 10.0. The van der Waals surface area contributed by atoms with Crippen molar-refractivity contribution in [3.8, 4) is 11.5 Å². The third-order valence-electron chi connectivity index (χ3n) is 6.82. The monoisotopic (exact) mass is 454 g/mol. The number of fused-ring (bicyclic) bond motifs is 1. The largest absolute Gasteiger partial charge is 0.381 e. The van der Waals surface area contributed by atoms with Gasteiger partial charge in [-0.3, -0.25) is 9.97 Å². The molecule has 0 bridgehead atoms. The minimum absolute atomic E-state index is 0.0211. The van der Waals surface area contributed by atoms with Crippen molar-refractivity contribution in [2.75, 3.05) is 18.5 Å². The molecule has 4 aromatic rings. The maximum Gasteiger partial charge on any atom is 0.200 e. The first kappa shape index (κ1) is 21.2. The predicted molar refractivity (Wildman–Crippen MR) is 133 cm³/mol. The number of nitrogens with zero attached hydrogens (tertiary/aromatic N) is 5. The van der Waals surface area contributed by atoms with Crippen molar-refractivity contribution in [3.05, 3.63) is 66.2 Å². The molecule has 1 aromatic carbocycles. The van der Waals surface area contributed by atoms with E-state index in [1.807, 2.05) is 35.1 Å². The minimum Gasteiger partial charge on any atom is -0.381 e. The number of aromatic nitrogens is 5. The summed E-state index contributed by atoms with van der Waals surface area (Å²) in [5, 5.41) is 9.51. The van der Waals surface area contributed by atoms with Crippen LogP contribution in [0.4, 0.5) is 5.69 Å². The van der Waals surface area contributed by atoms with Crippen LogP contribution in [0.2, 0.25) is 0 Å². The Balaban J connectivity index is 1.33. The quantitative estimate of drug-likeness (QED) is 0.455. The zero-order valence-corrected chi connectivity index (χ0v) is 20.0. The molecule has 1 saturated heterocycles. The van der Waals surface area contributed by atoms with E-state index in [2.05, 4.69) is 55.3 Å². The lowest BCUT2D eigenvalue weighted by Gasteiger charge is -2.21. The van der Waals surface area contributed by atoms with E-state index in [-0.39, 0.29) is 11.0 Å². The summed E-state index contributed by atoms with van der Waals surface area (Å²) < 4.78 is 7.77. The maximum absolute atomic E-state index is 5.74.